The number of nitrogens with one attached hydrogen (secondary N) is 1. The average molecular weight is 498 g/mol. The van der Waals surface area contributed by atoms with Crippen LogP contribution in [0.3, 0.4) is 0 Å². The number of carbonyl (C=O) groups excluding carboxylic acids is 2. The topological polar surface area (TPSA) is 181 Å². The van der Waals surface area contributed by atoms with Gasteiger partial charge in [0.15, 0.2) is 18.1 Å². The summed E-state index contributed by atoms with van der Waals surface area (Å²) in [6.07, 6.45) is 2.03. The highest BCUT2D eigenvalue weighted by Gasteiger charge is 2.24. The lowest BCUT2D eigenvalue weighted by Crippen LogP contribution is -2.18. The van der Waals surface area contributed by atoms with Gasteiger partial charge in [0.1, 0.15) is 36.3 Å². The Hall–Kier alpha value is -5.12. The molecule has 0 saturated heterocycles. The molecular formula is C23H22N4O9. The van der Waals surface area contributed by atoms with Gasteiger partial charge in [-0.2, -0.15) is 5.26 Å². The quantitative estimate of drug-likeness (QED) is 0.180. The fraction of sp³-hybridized carbons (Fsp3) is 0.217. The molecule has 0 fully saturated rings. The second-order valence-electron chi connectivity index (χ2n) is 7.21. The van der Waals surface area contributed by atoms with E-state index in [-0.39, 0.29) is 36.0 Å². The van der Waals surface area contributed by atoms with Crippen molar-refractivity contribution in [3.8, 4) is 23.3 Å². The van der Waals surface area contributed by atoms with E-state index in [0.29, 0.717) is 11.3 Å². The highest BCUT2D eigenvalue weighted by atomic mass is 16.6. The molecule has 2 amide bonds. The predicted molar refractivity (Wildman–Crippen MR) is 126 cm³/mol. The molecule has 188 valence electrons. The average Bonchev–Trinajstić information content (AvgIpc) is 2.86. The molecule has 36 heavy (non-hydrogen) atoms. The third-order valence-corrected chi connectivity index (χ3v) is 4.23. The van der Waals surface area contributed by atoms with E-state index in [2.05, 4.69) is 5.32 Å². The molecule has 0 radical (unpaired) electrons. The number of aliphatic carboxylic acids is 1. The summed E-state index contributed by atoms with van der Waals surface area (Å²) in [6.45, 7) is 0.000383. The number of carboxylic acid groups (broad SMARTS) is 1. The molecular weight excluding hydrogens is 476 g/mol. The summed E-state index contributed by atoms with van der Waals surface area (Å²) in [5.41, 5.74) is -0.387. The maximum Gasteiger partial charge on any atom is 0.341 e. The van der Waals surface area contributed by atoms with Crippen LogP contribution in [0.25, 0.3) is 6.08 Å². The highest BCUT2D eigenvalue weighted by molar-refractivity contribution is 6.10. The Morgan fingerprint density at radius 3 is 2.31 bits per heavy atom. The van der Waals surface area contributed by atoms with Gasteiger partial charge in [-0.1, -0.05) is 12.1 Å². The normalized spacial score (nSPS) is 11.6. The predicted octanol–water partition coefficient (Wildman–Crippen LogP) is 2.08. The van der Waals surface area contributed by atoms with E-state index in [4.69, 9.17) is 19.3 Å². The lowest BCUT2D eigenvalue weighted by molar-refractivity contribution is -0.384. The molecule has 2 aromatic rings. The lowest BCUT2D eigenvalue weighted by Gasteiger charge is -2.19. The minimum atomic E-state index is -1.12. The largest absolute Gasteiger partial charge is 0.486 e. The van der Waals surface area contributed by atoms with Gasteiger partial charge in [-0.15, -0.1) is 0 Å². The number of benzene rings is 2. The Balaban J connectivity index is 0.000000830. The molecule has 1 heterocycles. The van der Waals surface area contributed by atoms with Crippen LogP contribution in [0.5, 0.6) is 17.2 Å². The standard InChI is InChI=1S/C20H15N3O8.C3H7NO/c21-10-13(7-12-1-3-14(4-2-12)31-11-19(24)25)20(26)22-15-8-17-18(30-6-5-29-17)9-16(15)23(27)28;1-4(2)3-5/h1-4,7-9H,5-6,11H2,(H,22,26)(H,24,25);3H,1-2H3. The molecule has 2 N–H and O–H groups in total. The van der Waals surface area contributed by atoms with Crippen molar-refractivity contribution in [2.24, 2.45) is 0 Å². The van der Waals surface area contributed by atoms with Gasteiger partial charge in [0.2, 0.25) is 6.41 Å². The van der Waals surface area contributed by atoms with Crippen molar-refractivity contribution in [2.75, 3.05) is 39.2 Å². The van der Waals surface area contributed by atoms with E-state index < -0.39 is 29.1 Å². The monoisotopic (exact) mass is 498 g/mol. The van der Waals surface area contributed by atoms with Crippen LogP contribution in [0.2, 0.25) is 0 Å². The molecule has 0 spiro atoms. The number of ether oxygens (including phenoxy) is 3. The van der Waals surface area contributed by atoms with Crippen LogP contribution in [0.4, 0.5) is 11.4 Å². The molecule has 2 aromatic carbocycles. The van der Waals surface area contributed by atoms with Crippen LogP contribution in [0.15, 0.2) is 42.0 Å². The smallest absolute Gasteiger partial charge is 0.341 e. The van der Waals surface area contributed by atoms with Gasteiger partial charge in [-0.3, -0.25) is 19.7 Å². The molecule has 0 saturated carbocycles. The SMILES string of the molecule is CN(C)C=O.N#CC(=Cc1ccc(OCC(=O)O)cc1)C(=O)Nc1cc2c(cc1[N+](=O)[O-])OCCO2. The number of nitro benzene ring substituents is 1. The number of anilines is 1. The van der Waals surface area contributed by atoms with Crippen LogP contribution in [0.1, 0.15) is 5.56 Å². The number of amides is 2. The summed E-state index contributed by atoms with van der Waals surface area (Å²) in [4.78, 5) is 44.6. The number of nitro groups is 1. The van der Waals surface area contributed by atoms with Gasteiger partial charge in [0.05, 0.1) is 11.0 Å². The summed E-state index contributed by atoms with van der Waals surface area (Å²) >= 11 is 0. The van der Waals surface area contributed by atoms with Crippen LogP contribution in [-0.2, 0) is 14.4 Å². The van der Waals surface area contributed by atoms with E-state index >= 15 is 0 Å². The zero-order valence-corrected chi connectivity index (χ0v) is 19.3. The summed E-state index contributed by atoms with van der Waals surface area (Å²) in [5, 5.41) is 31.7. The minimum Gasteiger partial charge on any atom is -0.486 e. The Morgan fingerprint density at radius 2 is 1.81 bits per heavy atom. The van der Waals surface area contributed by atoms with Crippen molar-refractivity contribution in [3.63, 3.8) is 0 Å². The molecule has 13 heteroatoms. The summed E-state index contributed by atoms with van der Waals surface area (Å²) in [7, 11) is 3.38. The number of hydrogen-bond donors (Lipinski definition) is 2. The van der Waals surface area contributed by atoms with Crippen LogP contribution < -0.4 is 19.5 Å². The van der Waals surface area contributed by atoms with Gasteiger partial charge in [-0.25, -0.2) is 4.79 Å². The molecule has 0 unspecified atom stereocenters. The maximum absolute atomic E-state index is 12.5. The molecule has 3 rings (SSSR count). The van der Waals surface area contributed by atoms with Crippen LogP contribution >= 0.6 is 0 Å². The molecule has 0 aliphatic carbocycles. The zero-order chi connectivity index (χ0) is 26.7. The van der Waals surface area contributed by atoms with Gasteiger partial charge >= 0.3 is 5.97 Å². The first-order valence-electron chi connectivity index (χ1n) is 10.2. The molecule has 13 nitrogen and oxygen atoms in total. The number of fused-ring (bicyclic) bond motifs is 1. The van der Waals surface area contributed by atoms with Crippen molar-refractivity contribution in [2.45, 2.75) is 0 Å². The van der Waals surface area contributed by atoms with E-state index in [1.54, 1.807) is 20.2 Å². The van der Waals surface area contributed by atoms with E-state index in [9.17, 15) is 29.8 Å². The van der Waals surface area contributed by atoms with E-state index in [1.165, 1.54) is 41.3 Å². The first-order valence-corrected chi connectivity index (χ1v) is 10.2. The third-order valence-electron chi connectivity index (χ3n) is 4.23. The molecule has 0 atom stereocenters. The Bertz CT molecular complexity index is 1200. The van der Waals surface area contributed by atoms with E-state index in [0.717, 1.165) is 12.5 Å². The van der Waals surface area contributed by atoms with Gasteiger partial charge in [0.25, 0.3) is 11.6 Å². The second kappa shape index (κ2) is 12.9. The number of nitrogens with zero attached hydrogens (tertiary/aromatic N) is 3. The number of carboxylic acids is 1. The van der Waals surface area contributed by atoms with Gasteiger partial charge < -0.3 is 29.5 Å². The van der Waals surface area contributed by atoms with Crippen LogP contribution in [0, 0.1) is 21.4 Å². The molecule has 0 bridgehead atoms. The first-order chi connectivity index (χ1) is 17.1. The number of rotatable bonds is 8. The second-order valence-corrected chi connectivity index (χ2v) is 7.21. The molecule has 1 aliphatic rings. The summed E-state index contributed by atoms with van der Waals surface area (Å²) < 4.78 is 15.7. The Labute approximate surface area is 205 Å². The highest BCUT2D eigenvalue weighted by Crippen LogP contribution is 2.39. The van der Waals surface area contributed by atoms with Crippen LogP contribution in [-0.4, -0.2) is 67.1 Å². The molecule has 1 aliphatic heterocycles. The number of hydrogen-bond acceptors (Lipinski definition) is 9. The maximum atomic E-state index is 12.5. The molecule has 0 aromatic heterocycles. The Morgan fingerprint density at radius 1 is 1.22 bits per heavy atom. The van der Waals surface area contributed by atoms with Crippen molar-refractivity contribution in [1.29, 1.82) is 5.26 Å². The van der Waals surface area contributed by atoms with Crippen molar-refractivity contribution >= 4 is 35.7 Å². The number of nitriles is 1. The first kappa shape index (κ1) is 27.1. The summed E-state index contributed by atoms with van der Waals surface area (Å²) in [6, 6.07) is 10.2. The van der Waals surface area contributed by atoms with Gasteiger partial charge in [0, 0.05) is 20.2 Å². The minimum absolute atomic E-state index is 0.141. The van der Waals surface area contributed by atoms with Gasteiger partial charge in [-0.05, 0) is 23.8 Å². The lowest BCUT2D eigenvalue weighted by atomic mass is 10.1. The fourth-order valence-electron chi connectivity index (χ4n) is 2.64. The zero-order valence-electron chi connectivity index (χ0n) is 19.3. The fourth-order valence-corrected chi connectivity index (χ4v) is 2.64. The number of carbonyl (C=O) groups is 3. The van der Waals surface area contributed by atoms with Crippen molar-refractivity contribution in [1.82, 2.24) is 4.90 Å². The van der Waals surface area contributed by atoms with Crippen molar-refractivity contribution < 1.29 is 38.6 Å². The summed E-state index contributed by atoms with van der Waals surface area (Å²) in [5.74, 6) is -1.24. The Kier molecular flexibility index (Phi) is 9.75. The van der Waals surface area contributed by atoms with Crippen molar-refractivity contribution in [3.05, 3.63) is 57.6 Å². The third kappa shape index (κ3) is 8.03. The van der Waals surface area contributed by atoms with E-state index in [1.807, 2.05) is 0 Å².